The van der Waals surface area contributed by atoms with Gasteiger partial charge in [-0.25, -0.2) is 0 Å². The third kappa shape index (κ3) is 2.32. The number of nitrogens with zero attached hydrogens (tertiary/aromatic N) is 1. The summed E-state index contributed by atoms with van der Waals surface area (Å²) in [4.78, 5) is 26.7. The van der Waals surface area contributed by atoms with Crippen LogP contribution in [0.2, 0.25) is 0 Å². The standard InChI is InChI=1S/C15H20N2O3/c1-9(2)13-14(18)16-12(10-5-6-10)15(19)17(13)8-11-4-3-7-20-11/h3-4,7,9-10,12-13H,5-6,8H2,1-2H3,(H,16,18). The molecule has 0 bridgehead atoms. The molecule has 0 aromatic carbocycles. The first-order chi connectivity index (χ1) is 9.58. The van der Waals surface area contributed by atoms with E-state index in [0.717, 1.165) is 12.8 Å². The summed E-state index contributed by atoms with van der Waals surface area (Å²) >= 11 is 0. The van der Waals surface area contributed by atoms with E-state index in [9.17, 15) is 9.59 Å². The van der Waals surface area contributed by atoms with Crippen molar-refractivity contribution in [2.24, 2.45) is 11.8 Å². The summed E-state index contributed by atoms with van der Waals surface area (Å²) in [6.07, 6.45) is 3.64. The fourth-order valence-corrected chi connectivity index (χ4v) is 2.92. The lowest BCUT2D eigenvalue weighted by Gasteiger charge is -2.40. The number of nitrogens with one attached hydrogen (secondary N) is 1. The SMILES string of the molecule is CC(C)C1C(=O)NC(C2CC2)C(=O)N1Cc1ccco1. The Bertz CT molecular complexity index is 505. The molecule has 0 spiro atoms. The maximum atomic E-state index is 12.7. The Hall–Kier alpha value is -1.78. The summed E-state index contributed by atoms with van der Waals surface area (Å²) in [7, 11) is 0. The third-order valence-electron chi connectivity index (χ3n) is 4.08. The highest BCUT2D eigenvalue weighted by Gasteiger charge is 2.47. The van der Waals surface area contributed by atoms with Crippen molar-refractivity contribution in [2.75, 3.05) is 0 Å². The topological polar surface area (TPSA) is 62.6 Å². The Balaban J connectivity index is 1.86. The molecule has 1 aromatic rings. The second-order valence-electron chi connectivity index (χ2n) is 6.06. The van der Waals surface area contributed by atoms with E-state index < -0.39 is 6.04 Å². The van der Waals surface area contributed by atoms with Gasteiger partial charge in [-0.1, -0.05) is 13.8 Å². The number of rotatable bonds is 4. The molecule has 108 valence electrons. The maximum absolute atomic E-state index is 12.7. The van der Waals surface area contributed by atoms with Crippen LogP contribution in [0.3, 0.4) is 0 Å². The van der Waals surface area contributed by atoms with Gasteiger partial charge < -0.3 is 14.6 Å². The molecular weight excluding hydrogens is 256 g/mol. The van der Waals surface area contributed by atoms with Crippen molar-refractivity contribution in [3.63, 3.8) is 0 Å². The summed E-state index contributed by atoms with van der Waals surface area (Å²) in [6.45, 7) is 4.29. The fourth-order valence-electron chi connectivity index (χ4n) is 2.92. The van der Waals surface area contributed by atoms with Crippen LogP contribution in [0.15, 0.2) is 22.8 Å². The summed E-state index contributed by atoms with van der Waals surface area (Å²) in [5, 5.41) is 2.91. The highest BCUT2D eigenvalue weighted by Crippen LogP contribution is 2.36. The number of hydrogen-bond acceptors (Lipinski definition) is 3. The number of furan rings is 1. The average molecular weight is 276 g/mol. The van der Waals surface area contributed by atoms with Crippen molar-refractivity contribution in [3.8, 4) is 0 Å². The summed E-state index contributed by atoms with van der Waals surface area (Å²) < 4.78 is 5.33. The van der Waals surface area contributed by atoms with E-state index in [4.69, 9.17) is 4.42 Å². The number of piperazine rings is 1. The average Bonchev–Trinajstić information content (AvgIpc) is 3.11. The second kappa shape index (κ2) is 4.96. The first-order valence-electron chi connectivity index (χ1n) is 7.21. The van der Waals surface area contributed by atoms with Crippen LogP contribution >= 0.6 is 0 Å². The van der Waals surface area contributed by atoms with E-state index in [1.807, 2.05) is 19.9 Å². The summed E-state index contributed by atoms with van der Waals surface area (Å²) in [6, 6.07) is 2.88. The Labute approximate surface area is 118 Å². The van der Waals surface area contributed by atoms with Gasteiger partial charge in [-0.2, -0.15) is 0 Å². The first kappa shape index (κ1) is 13.2. The zero-order chi connectivity index (χ0) is 14.3. The van der Waals surface area contributed by atoms with Crippen LogP contribution in [0.5, 0.6) is 0 Å². The lowest BCUT2D eigenvalue weighted by molar-refractivity contribution is -0.152. The highest BCUT2D eigenvalue weighted by molar-refractivity contribution is 5.97. The van der Waals surface area contributed by atoms with Crippen molar-refractivity contribution in [1.29, 1.82) is 0 Å². The van der Waals surface area contributed by atoms with Gasteiger partial charge in [0.05, 0.1) is 12.8 Å². The molecule has 1 aliphatic carbocycles. The molecule has 2 unspecified atom stereocenters. The van der Waals surface area contributed by atoms with Crippen molar-refractivity contribution in [1.82, 2.24) is 10.2 Å². The van der Waals surface area contributed by atoms with Gasteiger partial charge in [-0.05, 0) is 36.8 Å². The predicted molar refractivity (Wildman–Crippen MR) is 72.5 cm³/mol. The molecule has 1 saturated carbocycles. The molecule has 3 rings (SSSR count). The lowest BCUT2D eigenvalue weighted by Crippen LogP contribution is -2.65. The van der Waals surface area contributed by atoms with E-state index in [2.05, 4.69) is 5.32 Å². The third-order valence-corrected chi connectivity index (χ3v) is 4.08. The Morgan fingerprint density at radius 1 is 1.40 bits per heavy atom. The highest BCUT2D eigenvalue weighted by atomic mass is 16.3. The Morgan fingerprint density at radius 2 is 2.15 bits per heavy atom. The number of hydrogen-bond donors (Lipinski definition) is 1. The summed E-state index contributed by atoms with van der Waals surface area (Å²) in [5.41, 5.74) is 0. The zero-order valence-corrected chi connectivity index (χ0v) is 11.8. The van der Waals surface area contributed by atoms with Gasteiger partial charge in [-0.3, -0.25) is 9.59 Å². The van der Waals surface area contributed by atoms with Crippen molar-refractivity contribution >= 4 is 11.8 Å². The maximum Gasteiger partial charge on any atom is 0.246 e. The molecule has 20 heavy (non-hydrogen) atoms. The second-order valence-corrected chi connectivity index (χ2v) is 6.06. The van der Waals surface area contributed by atoms with Crippen LogP contribution in [-0.2, 0) is 16.1 Å². The molecule has 2 fully saturated rings. The van der Waals surface area contributed by atoms with Gasteiger partial charge >= 0.3 is 0 Å². The van der Waals surface area contributed by atoms with E-state index in [0.29, 0.717) is 18.2 Å². The minimum absolute atomic E-state index is 0.0298. The molecule has 2 heterocycles. The predicted octanol–water partition coefficient (Wildman–Crippen LogP) is 1.54. The molecule has 2 amide bonds. The van der Waals surface area contributed by atoms with Gasteiger partial charge in [0.2, 0.25) is 11.8 Å². The largest absolute Gasteiger partial charge is 0.467 e. The number of carbonyl (C=O) groups is 2. The minimum Gasteiger partial charge on any atom is -0.467 e. The Morgan fingerprint density at radius 3 is 2.70 bits per heavy atom. The van der Waals surface area contributed by atoms with Crippen molar-refractivity contribution in [2.45, 2.75) is 45.3 Å². The lowest BCUT2D eigenvalue weighted by atomic mass is 9.95. The van der Waals surface area contributed by atoms with E-state index in [1.165, 1.54) is 0 Å². The normalized spacial score (nSPS) is 27.1. The van der Waals surface area contributed by atoms with Crippen LogP contribution in [0.1, 0.15) is 32.4 Å². The summed E-state index contributed by atoms with van der Waals surface area (Å²) in [5.74, 6) is 1.10. The molecule has 2 atom stereocenters. The van der Waals surface area contributed by atoms with Gasteiger partial charge in [0.15, 0.2) is 0 Å². The quantitative estimate of drug-likeness (QED) is 0.907. The molecule has 1 saturated heterocycles. The monoisotopic (exact) mass is 276 g/mol. The van der Waals surface area contributed by atoms with Crippen LogP contribution in [0.25, 0.3) is 0 Å². The van der Waals surface area contributed by atoms with Crippen LogP contribution < -0.4 is 5.32 Å². The molecular formula is C15H20N2O3. The zero-order valence-electron chi connectivity index (χ0n) is 11.8. The fraction of sp³-hybridized carbons (Fsp3) is 0.600. The van der Waals surface area contributed by atoms with Gasteiger partial charge in [0.1, 0.15) is 17.8 Å². The molecule has 1 aromatic heterocycles. The molecule has 1 N–H and O–H groups in total. The van der Waals surface area contributed by atoms with Crippen molar-refractivity contribution in [3.05, 3.63) is 24.2 Å². The number of amides is 2. The molecule has 1 aliphatic heterocycles. The van der Waals surface area contributed by atoms with Gasteiger partial charge in [-0.15, -0.1) is 0 Å². The molecule has 2 aliphatic rings. The Kier molecular flexibility index (Phi) is 3.28. The van der Waals surface area contributed by atoms with Crippen LogP contribution in [-0.4, -0.2) is 28.8 Å². The van der Waals surface area contributed by atoms with Crippen molar-refractivity contribution < 1.29 is 14.0 Å². The molecule has 5 heteroatoms. The minimum atomic E-state index is -0.414. The van der Waals surface area contributed by atoms with E-state index in [1.54, 1.807) is 17.2 Å². The van der Waals surface area contributed by atoms with Gasteiger partial charge in [0, 0.05) is 0 Å². The smallest absolute Gasteiger partial charge is 0.246 e. The molecule has 5 nitrogen and oxygen atoms in total. The van der Waals surface area contributed by atoms with Gasteiger partial charge in [0.25, 0.3) is 0 Å². The molecule has 0 radical (unpaired) electrons. The van der Waals surface area contributed by atoms with E-state index >= 15 is 0 Å². The van der Waals surface area contributed by atoms with E-state index in [-0.39, 0.29) is 23.8 Å². The van der Waals surface area contributed by atoms with Crippen LogP contribution in [0.4, 0.5) is 0 Å². The van der Waals surface area contributed by atoms with Crippen LogP contribution in [0, 0.1) is 11.8 Å². The number of carbonyl (C=O) groups excluding carboxylic acids is 2. The first-order valence-corrected chi connectivity index (χ1v) is 7.21.